The van der Waals surface area contributed by atoms with E-state index >= 15 is 0 Å². The predicted octanol–water partition coefficient (Wildman–Crippen LogP) is 6.66. The van der Waals surface area contributed by atoms with E-state index in [4.69, 9.17) is 4.79 Å². The van der Waals surface area contributed by atoms with Crippen molar-refractivity contribution in [1.29, 1.82) is 0 Å². The Hall–Kier alpha value is -4.10. The largest absolute Gasteiger partial charge is 0.417 e. The van der Waals surface area contributed by atoms with E-state index in [2.05, 4.69) is 17.1 Å². The number of benzene rings is 4. The van der Waals surface area contributed by atoms with E-state index in [1.165, 1.54) is 6.07 Å². The van der Waals surface area contributed by atoms with Crippen LogP contribution in [0.25, 0.3) is 38.5 Å². The molecule has 0 unspecified atom stereocenters. The highest BCUT2D eigenvalue weighted by molar-refractivity contribution is 6.08. The van der Waals surface area contributed by atoms with Gasteiger partial charge in [-0.15, -0.1) is 0 Å². The number of nitrogens with two attached hydrogens (primary N) is 1. The smallest absolute Gasteiger partial charge is 0.388 e. The van der Waals surface area contributed by atoms with Gasteiger partial charge in [-0.05, 0) is 63.5 Å². The van der Waals surface area contributed by atoms with Crippen LogP contribution in [0.1, 0.15) is 5.56 Å². The number of nitrogens with one attached hydrogen (secondary N) is 1. The quantitative estimate of drug-likeness (QED) is 0.226. The third-order valence-electron chi connectivity index (χ3n) is 5.72. The Kier molecular flexibility index (Phi) is 6.89. The van der Waals surface area contributed by atoms with Gasteiger partial charge >= 0.3 is 6.18 Å². The minimum atomic E-state index is -4.42. The Morgan fingerprint density at radius 2 is 1.51 bits per heavy atom. The van der Waals surface area contributed by atoms with E-state index in [1.807, 2.05) is 72.8 Å². The van der Waals surface area contributed by atoms with E-state index < -0.39 is 11.7 Å². The Bertz CT molecular complexity index is 1470. The Balaban J connectivity index is 0.000000672. The number of alkyl halides is 3. The highest BCUT2D eigenvalue weighted by atomic mass is 19.4. The van der Waals surface area contributed by atoms with Crippen LogP contribution in [-0.2, 0) is 11.0 Å². The molecule has 0 aliphatic carbocycles. The molecule has 0 aliphatic heterocycles. The maximum atomic E-state index is 13.6. The molecule has 0 bridgehead atoms. The minimum absolute atomic E-state index is 0.139. The molecule has 0 saturated carbocycles. The first kappa shape index (κ1) is 24.0. The molecule has 5 aromatic rings. The molecule has 0 amide bonds. The highest BCUT2D eigenvalue weighted by Gasteiger charge is 2.33. The van der Waals surface area contributed by atoms with Gasteiger partial charge in [-0.2, -0.15) is 13.2 Å². The summed E-state index contributed by atoms with van der Waals surface area (Å²) in [6.45, 7) is 0.139. The van der Waals surface area contributed by atoms with Crippen molar-refractivity contribution >= 4 is 33.5 Å². The van der Waals surface area contributed by atoms with Crippen LogP contribution in [0.2, 0.25) is 0 Å². The van der Waals surface area contributed by atoms with Gasteiger partial charge in [0.25, 0.3) is 0 Å². The van der Waals surface area contributed by atoms with Gasteiger partial charge in [0.05, 0.1) is 11.3 Å². The number of aromatic nitrogens is 1. The van der Waals surface area contributed by atoms with Gasteiger partial charge < -0.3 is 20.4 Å². The molecule has 178 valence electrons. The lowest BCUT2D eigenvalue weighted by atomic mass is 9.99. The molecule has 1 heterocycles. The predicted molar refractivity (Wildman–Crippen MR) is 136 cm³/mol. The third-order valence-corrected chi connectivity index (χ3v) is 5.72. The Labute approximate surface area is 200 Å². The van der Waals surface area contributed by atoms with Gasteiger partial charge in [-0.25, -0.2) is 0 Å². The number of hydrogen-bond donors (Lipinski definition) is 2. The minimum Gasteiger partial charge on any atom is -0.388 e. The average Bonchev–Trinajstić information content (AvgIpc) is 3.35. The van der Waals surface area contributed by atoms with Crippen LogP contribution in [0.5, 0.6) is 0 Å². The lowest BCUT2D eigenvalue weighted by Crippen LogP contribution is -2.03. The normalized spacial score (nSPS) is 11.2. The molecule has 0 saturated heterocycles. The number of rotatable bonds is 4. The standard InChI is InChI=1S/C26H19F3N2.C2H5NO/c1-30-21-10-12-22(13-11-21)31-16-20(26(27,28)29)15-25(31)19-9-8-18-7-6-17-4-2-3-5-23(17)24(18)14-19;3-1-2-4/h2-16,30H,1H3;2H,1,3H2. The van der Waals surface area contributed by atoms with Crippen molar-refractivity contribution in [2.75, 3.05) is 18.9 Å². The summed E-state index contributed by atoms with van der Waals surface area (Å²) in [5.74, 6) is 0. The third kappa shape index (κ3) is 5.05. The second-order valence-corrected chi connectivity index (χ2v) is 7.90. The molecule has 0 aliphatic rings. The summed E-state index contributed by atoms with van der Waals surface area (Å²) in [6.07, 6.45) is -2.61. The first-order chi connectivity index (χ1) is 16.9. The lowest BCUT2D eigenvalue weighted by Gasteiger charge is -2.12. The number of nitrogens with zero attached hydrogens (tertiary/aromatic N) is 1. The van der Waals surface area contributed by atoms with Gasteiger partial charge in [0.15, 0.2) is 0 Å². The van der Waals surface area contributed by atoms with Crippen molar-refractivity contribution < 1.29 is 18.0 Å². The van der Waals surface area contributed by atoms with Gasteiger partial charge in [-0.1, -0.05) is 48.5 Å². The van der Waals surface area contributed by atoms with Crippen molar-refractivity contribution in [2.45, 2.75) is 6.18 Å². The molecule has 35 heavy (non-hydrogen) atoms. The molecule has 0 radical (unpaired) electrons. The van der Waals surface area contributed by atoms with Crippen molar-refractivity contribution in [3.8, 4) is 16.9 Å². The molecule has 0 spiro atoms. The zero-order valence-corrected chi connectivity index (χ0v) is 19.0. The van der Waals surface area contributed by atoms with Crippen LogP contribution in [0.15, 0.2) is 91.1 Å². The van der Waals surface area contributed by atoms with E-state index in [1.54, 1.807) is 11.6 Å². The van der Waals surface area contributed by atoms with Crippen LogP contribution in [-0.4, -0.2) is 24.4 Å². The number of carbonyl (C=O) groups is 1. The number of anilines is 1. The second kappa shape index (κ2) is 10.0. The maximum Gasteiger partial charge on any atom is 0.417 e. The molecular formula is C28H24F3N3O. The maximum absolute atomic E-state index is 13.6. The molecule has 0 atom stereocenters. The van der Waals surface area contributed by atoms with E-state index in [9.17, 15) is 13.2 Å². The van der Waals surface area contributed by atoms with Crippen molar-refractivity contribution in [2.24, 2.45) is 5.73 Å². The first-order valence-electron chi connectivity index (χ1n) is 11.0. The SMILES string of the molecule is CNc1ccc(-n2cc(C(F)(F)F)cc2-c2ccc3ccc4ccccc4c3c2)cc1.NCC=O. The summed E-state index contributed by atoms with van der Waals surface area (Å²) < 4.78 is 42.3. The van der Waals surface area contributed by atoms with Gasteiger partial charge in [0.2, 0.25) is 0 Å². The number of hydrogen-bond acceptors (Lipinski definition) is 3. The summed E-state index contributed by atoms with van der Waals surface area (Å²) in [7, 11) is 1.80. The molecule has 4 aromatic carbocycles. The molecule has 5 rings (SSSR count). The number of aldehydes is 1. The summed E-state index contributed by atoms with van der Waals surface area (Å²) in [5.41, 5.74) is 6.79. The van der Waals surface area contributed by atoms with Crippen molar-refractivity contribution in [3.05, 3.63) is 96.7 Å². The van der Waals surface area contributed by atoms with E-state index in [0.29, 0.717) is 17.7 Å². The molecule has 4 nitrogen and oxygen atoms in total. The summed E-state index contributed by atoms with van der Waals surface area (Å²) >= 11 is 0. The van der Waals surface area contributed by atoms with Crippen LogP contribution in [0, 0.1) is 0 Å². The van der Waals surface area contributed by atoms with Gasteiger partial charge in [0, 0.05) is 31.2 Å². The Morgan fingerprint density at radius 1 is 0.886 bits per heavy atom. The zero-order valence-electron chi connectivity index (χ0n) is 19.0. The Morgan fingerprint density at radius 3 is 2.14 bits per heavy atom. The molecule has 1 aromatic heterocycles. The molecule has 7 heteroatoms. The highest BCUT2D eigenvalue weighted by Crippen LogP contribution is 2.37. The van der Waals surface area contributed by atoms with Gasteiger partial charge in [-0.3, -0.25) is 0 Å². The molecule has 0 fully saturated rings. The number of halogens is 3. The lowest BCUT2D eigenvalue weighted by molar-refractivity contribution is -0.137. The zero-order chi connectivity index (χ0) is 25.0. The van der Waals surface area contributed by atoms with Crippen LogP contribution in [0.4, 0.5) is 18.9 Å². The fraction of sp³-hybridized carbons (Fsp3) is 0.107. The fourth-order valence-corrected chi connectivity index (χ4v) is 4.00. The molecular weight excluding hydrogens is 451 g/mol. The average molecular weight is 476 g/mol. The van der Waals surface area contributed by atoms with Crippen molar-refractivity contribution in [3.63, 3.8) is 0 Å². The monoisotopic (exact) mass is 475 g/mol. The summed E-state index contributed by atoms with van der Waals surface area (Å²) in [5, 5.41) is 7.27. The van der Waals surface area contributed by atoms with Gasteiger partial charge in [0.1, 0.15) is 6.29 Å². The van der Waals surface area contributed by atoms with Crippen LogP contribution >= 0.6 is 0 Å². The van der Waals surface area contributed by atoms with Crippen LogP contribution in [0.3, 0.4) is 0 Å². The fourth-order valence-electron chi connectivity index (χ4n) is 4.00. The second-order valence-electron chi connectivity index (χ2n) is 7.90. The summed E-state index contributed by atoms with van der Waals surface area (Å²) in [4.78, 5) is 9.05. The topological polar surface area (TPSA) is 60.1 Å². The van der Waals surface area contributed by atoms with E-state index in [0.717, 1.165) is 39.0 Å². The van der Waals surface area contributed by atoms with E-state index in [-0.39, 0.29) is 6.54 Å². The summed E-state index contributed by atoms with van der Waals surface area (Å²) in [6, 6.07) is 26.5. The number of carbonyl (C=O) groups excluding carboxylic acids is 1. The molecule has 3 N–H and O–H groups in total. The van der Waals surface area contributed by atoms with Crippen molar-refractivity contribution in [1.82, 2.24) is 4.57 Å². The van der Waals surface area contributed by atoms with Crippen LogP contribution < -0.4 is 11.1 Å². The first-order valence-corrected chi connectivity index (χ1v) is 11.0. The number of fused-ring (bicyclic) bond motifs is 3.